The Labute approximate surface area is 117 Å². The Balaban J connectivity index is 2.03. The summed E-state index contributed by atoms with van der Waals surface area (Å²) in [6.45, 7) is 0. The number of rotatable bonds is 1. The molecule has 0 aromatic carbocycles. The SMILES string of the molecule is CS1(C)CCC(n2c(=O)[nH]c3cnc(Cl)nc32)CC1. The number of hydrogen-bond acceptors (Lipinski definition) is 3. The first-order valence-corrected chi connectivity index (χ1v) is 9.44. The Morgan fingerprint density at radius 1 is 1.42 bits per heavy atom. The molecule has 0 amide bonds. The first-order chi connectivity index (χ1) is 8.96. The van der Waals surface area contributed by atoms with Gasteiger partial charge < -0.3 is 4.98 Å². The molecule has 1 fully saturated rings. The van der Waals surface area contributed by atoms with Crippen LogP contribution in [-0.4, -0.2) is 43.5 Å². The van der Waals surface area contributed by atoms with Gasteiger partial charge in [0, 0.05) is 6.04 Å². The molecule has 1 N–H and O–H groups in total. The van der Waals surface area contributed by atoms with Crippen LogP contribution < -0.4 is 5.69 Å². The normalized spacial score (nSPS) is 21.6. The van der Waals surface area contributed by atoms with E-state index in [1.165, 1.54) is 11.5 Å². The predicted octanol–water partition coefficient (Wildman–Crippen LogP) is 2.17. The average molecular weight is 301 g/mol. The van der Waals surface area contributed by atoms with Crippen molar-refractivity contribution in [1.29, 1.82) is 0 Å². The summed E-state index contributed by atoms with van der Waals surface area (Å²) in [5.74, 6) is 2.41. The van der Waals surface area contributed by atoms with Crippen LogP contribution in [0.2, 0.25) is 5.28 Å². The van der Waals surface area contributed by atoms with E-state index in [0.29, 0.717) is 11.2 Å². The summed E-state index contributed by atoms with van der Waals surface area (Å²) < 4.78 is 1.76. The summed E-state index contributed by atoms with van der Waals surface area (Å²) >= 11 is 5.84. The van der Waals surface area contributed by atoms with E-state index in [1.54, 1.807) is 10.8 Å². The zero-order valence-electron chi connectivity index (χ0n) is 11.0. The number of hydrogen-bond donors (Lipinski definition) is 1. The molecule has 0 bridgehead atoms. The predicted molar refractivity (Wildman–Crippen MR) is 80.6 cm³/mol. The highest BCUT2D eigenvalue weighted by molar-refractivity contribution is 8.32. The van der Waals surface area contributed by atoms with Crippen molar-refractivity contribution in [2.24, 2.45) is 0 Å². The first-order valence-electron chi connectivity index (χ1n) is 6.28. The molecule has 7 heteroatoms. The number of halogens is 1. The molecule has 0 aliphatic carbocycles. The lowest BCUT2D eigenvalue weighted by molar-refractivity contribution is 0.464. The number of aromatic amines is 1. The van der Waals surface area contributed by atoms with Gasteiger partial charge in [-0.3, -0.25) is 4.57 Å². The summed E-state index contributed by atoms with van der Waals surface area (Å²) in [4.78, 5) is 23.0. The topological polar surface area (TPSA) is 63.6 Å². The molecule has 3 rings (SSSR count). The standard InChI is InChI=1S/C12H17ClN4OS/c1-19(2)5-3-8(4-6-19)17-10-9(15-12(17)18)7-14-11(13)16-10/h7-8H,3-6H2,1-2H3,(H,15,18). The molecule has 1 saturated heterocycles. The highest BCUT2D eigenvalue weighted by atomic mass is 35.5. The Morgan fingerprint density at radius 2 is 2.11 bits per heavy atom. The summed E-state index contributed by atoms with van der Waals surface area (Å²) in [5, 5.41) is 0.182. The largest absolute Gasteiger partial charge is 0.327 e. The van der Waals surface area contributed by atoms with E-state index in [2.05, 4.69) is 27.5 Å². The van der Waals surface area contributed by atoms with Gasteiger partial charge in [-0.25, -0.2) is 19.8 Å². The van der Waals surface area contributed by atoms with Crippen molar-refractivity contribution in [2.75, 3.05) is 24.0 Å². The zero-order valence-corrected chi connectivity index (χ0v) is 12.6. The van der Waals surface area contributed by atoms with Crippen molar-refractivity contribution in [2.45, 2.75) is 18.9 Å². The summed E-state index contributed by atoms with van der Waals surface area (Å²) in [5.41, 5.74) is 1.18. The molecule has 1 aliphatic rings. The van der Waals surface area contributed by atoms with E-state index < -0.39 is 10.0 Å². The van der Waals surface area contributed by atoms with Crippen LogP contribution in [0.15, 0.2) is 11.0 Å². The maximum atomic E-state index is 12.1. The lowest BCUT2D eigenvalue weighted by Crippen LogP contribution is -2.29. The molecule has 0 radical (unpaired) electrons. The van der Waals surface area contributed by atoms with Gasteiger partial charge >= 0.3 is 5.69 Å². The van der Waals surface area contributed by atoms with Crippen LogP contribution in [0.1, 0.15) is 18.9 Å². The second-order valence-corrected chi connectivity index (χ2v) is 10.3. The molecule has 2 aromatic heterocycles. The fraction of sp³-hybridized carbons (Fsp3) is 0.583. The second kappa shape index (κ2) is 4.52. The molecule has 19 heavy (non-hydrogen) atoms. The summed E-state index contributed by atoms with van der Waals surface area (Å²) in [6.07, 6.45) is 8.37. The molecule has 2 aromatic rings. The monoisotopic (exact) mass is 300 g/mol. The third-order valence-corrected chi connectivity index (χ3v) is 6.66. The second-order valence-electron chi connectivity index (χ2n) is 5.58. The number of aromatic nitrogens is 4. The van der Waals surface area contributed by atoms with Crippen LogP contribution in [0.5, 0.6) is 0 Å². The van der Waals surface area contributed by atoms with Crippen molar-refractivity contribution in [3.05, 3.63) is 22.0 Å². The highest BCUT2D eigenvalue weighted by Crippen LogP contribution is 2.47. The summed E-state index contributed by atoms with van der Waals surface area (Å²) in [7, 11) is -0.465. The minimum absolute atomic E-state index is 0.105. The number of H-pyrrole nitrogens is 1. The molecular weight excluding hydrogens is 284 g/mol. The van der Waals surface area contributed by atoms with Gasteiger partial charge in [0.15, 0.2) is 5.65 Å². The van der Waals surface area contributed by atoms with Crippen molar-refractivity contribution >= 4 is 32.8 Å². The molecule has 0 unspecified atom stereocenters. The lowest BCUT2D eigenvalue weighted by atomic mass is 10.1. The number of fused-ring (bicyclic) bond motifs is 1. The van der Waals surface area contributed by atoms with Gasteiger partial charge in [0.1, 0.15) is 5.52 Å². The van der Waals surface area contributed by atoms with Gasteiger partial charge in [0.05, 0.1) is 6.20 Å². The van der Waals surface area contributed by atoms with E-state index in [1.807, 2.05) is 0 Å². The molecule has 3 heterocycles. The minimum Gasteiger partial charge on any atom is -0.303 e. The van der Waals surface area contributed by atoms with Crippen LogP contribution in [0.3, 0.4) is 0 Å². The maximum Gasteiger partial charge on any atom is 0.327 e. The minimum atomic E-state index is -0.465. The first kappa shape index (κ1) is 13.0. The van der Waals surface area contributed by atoms with Crippen LogP contribution in [0, 0.1) is 0 Å². The molecular formula is C12H17ClN4OS. The molecule has 0 spiro atoms. The van der Waals surface area contributed by atoms with Gasteiger partial charge in [-0.1, -0.05) is 0 Å². The van der Waals surface area contributed by atoms with Gasteiger partial charge in [0.25, 0.3) is 0 Å². The van der Waals surface area contributed by atoms with Gasteiger partial charge in [0.2, 0.25) is 5.28 Å². The molecule has 1 aliphatic heterocycles. The van der Waals surface area contributed by atoms with Crippen LogP contribution in [0.4, 0.5) is 0 Å². The number of nitrogens with one attached hydrogen (secondary N) is 1. The Morgan fingerprint density at radius 3 is 2.79 bits per heavy atom. The Bertz CT molecular complexity index is 668. The fourth-order valence-electron chi connectivity index (χ4n) is 2.65. The molecule has 5 nitrogen and oxygen atoms in total. The smallest absolute Gasteiger partial charge is 0.303 e. The maximum absolute atomic E-state index is 12.1. The van der Waals surface area contributed by atoms with Crippen molar-refractivity contribution in [1.82, 2.24) is 19.5 Å². The van der Waals surface area contributed by atoms with E-state index in [0.717, 1.165) is 12.8 Å². The fourth-order valence-corrected chi connectivity index (χ4v) is 4.80. The third kappa shape index (κ3) is 2.39. The number of nitrogens with zero attached hydrogens (tertiary/aromatic N) is 3. The zero-order chi connectivity index (χ0) is 13.6. The molecule has 0 saturated carbocycles. The summed E-state index contributed by atoms with van der Waals surface area (Å²) in [6, 6.07) is 0.229. The van der Waals surface area contributed by atoms with E-state index in [4.69, 9.17) is 11.6 Å². The highest BCUT2D eigenvalue weighted by Gasteiger charge is 2.27. The quantitative estimate of drug-likeness (QED) is 0.821. The van der Waals surface area contributed by atoms with Crippen molar-refractivity contribution in [3.63, 3.8) is 0 Å². The van der Waals surface area contributed by atoms with Crippen LogP contribution >= 0.6 is 21.6 Å². The van der Waals surface area contributed by atoms with Gasteiger partial charge in [-0.15, -0.1) is 0 Å². The lowest BCUT2D eigenvalue weighted by Gasteiger charge is -2.39. The van der Waals surface area contributed by atoms with E-state index >= 15 is 0 Å². The molecule has 0 atom stereocenters. The van der Waals surface area contributed by atoms with Gasteiger partial charge in [-0.05, 0) is 48.5 Å². The molecule has 104 valence electrons. The van der Waals surface area contributed by atoms with E-state index in [9.17, 15) is 4.79 Å². The Kier molecular flexibility index (Phi) is 3.09. The number of imidazole rings is 1. The third-order valence-electron chi connectivity index (χ3n) is 3.80. The Hall–Kier alpha value is -1.01. The average Bonchev–Trinajstić information content (AvgIpc) is 2.65. The van der Waals surface area contributed by atoms with Crippen molar-refractivity contribution in [3.8, 4) is 0 Å². The van der Waals surface area contributed by atoms with Crippen molar-refractivity contribution < 1.29 is 0 Å². The van der Waals surface area contributed by atoms with E-state index in [-0.39, 0.29) is 17.0 Å². The van der Waals surface area contributed by atoms with Crippen LogP contribution in [0.25, 0.3) is 11.2 Å². The van der Waals surface area contributed by atoms with Crippen LogP contribution in [-0.2, 0) is 0 Å². The van der Waals surface area contributed by atoms with Gasteiger partial charge in [-0.2, -0.15) is 4.98 Å².